The number of hydrogen-bond donors (Lipinski definition) is 0. The second kappa shape index (κ2) is 20.1. The number of rotatable bonds is 0. The van der Waals surface area contributed by atoms with Crippen molar-refractivity contribution in [3.8, 4) is 0 Å². The molecule has 0 rings (SSSR count). The molecule has 0 aromatic carbocycles. The Morgan fingerprint density at radius 1 is 1.50 bits per heavy atom. The van der Waals surface area contributed by atoms with Gasteiger partial charge in [0, 0.05) is 29.3 Å². The van der Waals surface area contributed by atoms with Crippen LogP contribution >= 0.6 is 12.4 Å². The molecule has 0 atom stereocenters. The van der Waals surface area contributed by atoms with Crippen molar-refractivity contribution < 1.29 is 51.9 Å². The third kappa shape index (κ3) is 9.02. The average molecular weight is 139 g/mol. The first-order chi connectivity index (χ1) is 0. The minimum atomic E-state index is 0. The van der Waals surface area contributed by atoms with E-state index in [-0.39, 0.29) is 72.7 Å². The van der Waals surface area contributed by atoms with E-state index < -0.39 is 0 Å². The molecule has 0 spiro atoms. The Hall–Kier alpha value is 1.98. The van der Waals surface area contributed by atoms with Crippen molar-refractivity contribution in [1.82, 2.24) is 0 Å². The Bertz CT molecular complexity index is 13.5. The predicted molar refractivity (Wildman–Crippen MR) is 16.2 cm³/mol. The maximum absolute atomic E-state index is 0. The van der Waals surface area contributed by atoms with Gasteiger partial charge in [0.05, 0.1) is 0 Å². The molecule has 4 heavy (non-hydrogen) atoms. The Morgan fingerprint density at radius 2 is 1.50 bits per heavy atom. The van der Waals surface area contributed by atoms with Crippen molar-refractivity contribution in [2.24, 2.45) is 0 Å². The van der Waals surface area contributed by atoms with E-state index in [9.17, 15) is 0 Å². The minimum absolute atomic E-state index is 0. The van der Waals surface area contributed by atoms with Gasteiger partial charge in [-0.05, 0) is 0 Å². The molecule has 0 aliphatic rings. The summed E-state index contributed by atoms with van der Waals surface area (Å²) in [5.74, 6) is 0. The Balaban J connectivity index is 0. The predicted octanol–water partition coefficient (Wildman–Crippen LogP) is -2.60. The maximum Gasteiger partial charge on any atom is 1.00 e. The van der Waals surface area contributed by atoms with Crippen LogP contribution in [0.5, 0.6) is 0 Å². The van der Waals surface area contributed by atoms with Crippen molar-refractivity contribution in [2.45, 2.75) is 0 Å². The molecular weight excluding hydrogens is 135 g/mol. The fourth-order valence-corrected chi connectivity index (χ4v) is 0. The monoisotopic (exact) mass is 137 g/mol. The maximum atomic E-state index is 0. The van der Waals surface area contributed by atoms with E-state index in [0.717, 1.165) is 0 Å². The number of hydrogen-bond acceptors (Lipinski definition) is 0. The molecule has 0 amide bonds. The van der Waals surface area contributed by atoms with Gasteiger partial charge in [-0.1, -0.05) is 0 Å². The van der Waals surface area contributed by atoms with Gasteiger partial charge in [0.2, 0.25) is 0 Å². The summed E-state index contributed by atoms with van der Waals surface area (Å²) in [5, 5.41) is 0. The van der Waals surface area contributed by atoms with Crippen molar-refractivity contribution in [3.63, 3.8) is 0 Å². The molecular formula is H4BClNaZn. The van der Waals surface area contributed by atoms with Crippen LogP contribution in [0.4, 0.5) is 0 Å². The topological polar surface area (TPSA) is 0 Å². The van der Waals surface area contributed by atoms with Crippen molar-refractivity contribution in [3.05, 3.63) is 0 Å². The van der Waals surface area contributed by atoms with Gasteiger partial charge < -0.3 is 1.43 Å². The van der Waals surface area contributed by atoms with Gasteiger partial charge in [0.25, 0.3) is 0 Å². The van der Waals surface area contributed by atoms with Crippen molar-refractivity contribution >= 4 is 20.8 Å². The van der Waals surface area contributed by atoms with Gasteiger partial charge in [-0.25, -0.2) is 0 Å². The summed E-state index contributed by atoms with van der Waals surface area (Å²) in [4.78, 5) is 0. The molecule has 0 aliphatic carbocycles. The first-order valence-corrected chi connectivity index (χ1v) is 0. The van der Waals surface area contributed by atoms with Crippen LogP contribution < -0.4 is 29.6 Å². The van der Waals surface area contributed by atoms with Gasteiger partial charge in [-0.3, -0.25) is 0 Å². The Kier molecular flexibility index (Phi) is 191. The summed E-state index contributed by atoms with van der Waals surface area (Å²) in [6, 6.07) is 0. The zero-order chi connectivity index (χ0) is 0. The molecule has 0 nitrogen and oxygen atoms in total. The van der Waals surface area contributed by atoms with E-state index in [1.807, 2.05) is 0 Å². The van der Waals surface area contributed by atoms with E-state index >= 15 is 0 Å². The summed E-state index contributed by atoms with van der Waals surface area (Å²) >= 11 is 0. The van der Waals surface area contributed by atoms with Gasteiger partial charge in [0.1, 0.15) is 0 Å². The zero-order valence-corrected chi connectivity index (χ0v) is 8.48. The smallest absolute Gasteiger partial charge is 1.00 e. The standard InChI is InChI=1S/B.ClH.Na.Zn.H2.H/h;1H;;;1H;/q;;+1;;;-1. The van der Waals surface area contributed by atoms with Crippen molar-refractivity contribution in [2.75, 3.05) is 0 Å². The van der Waals surface area contributed by atoms with Crippen LogP contribution in [0.15, 0.2) is 0 Å². The van der Waals surface area contributed by atoms with Crippen LogP contribution in [0.2, 0.25) is 0 Å². The summed E-state index contributed by atoms with van der Waals surface area (Å²) in [5.41, 5.74) is 0. The largest absolute Gasteiger partial charge is 1.00 e. The number of halogens is 1. The van der Waals surface area contributed by atoms with E-state index in [0.29, 0.717) is 0 Å². The van der Waals surface area contributed by atoms with Gasteiger partial charge in [0.15, 0.2) is 0 Å². The van der Waals surface area contributed by atoms with Crippen LogP contribution in [0.25, 0.3) is 0 Å². The molecule has 17 valence electrons. The SMILES string of the molecule is Cl.[B].[H-].[HH].[Na+].[Zn]. The van der Waals surface area contributed by atoms with Gasteiger partial charge in [-0.2, -0.15) is 0 Å². The summed E-state index contributed by atoms with van der Waals surface area (Å²) < 4.78 is 0. The molecule has 0 saturated carbocycles. The van der Waals surface area contributed by atoms with Crippen molar-refractivity contribution in [1.29, 1.82) is 0 Å². The van der Waals surface area contributed by atoms with Crippen LogP contribution in [0.1, 0.15) is 2.85 Å². The second-order valence-corrected chi connectivity index (χ2v) is 0. The third-order valence-corrected chi connectivity index (χ3v) is 0. The summed E-state index contributed by atoms with van der Waals surface area (Å²) in [6.45, 7) is 0. The van der Waals surface area contributed by atoms with Crippen LogP contribution in [0, 0.1) is 0 Å². The normalized spacial score (nSPS) is 0. The average Bonchev–Trinajstić information content (AvgIpc) is 0. The molecule has 0 fully saturated rings. The molecule has 4 heteroatoms. The van der Waals surface area contributed by atoms with E-state index in [4.69, 9.17) is 0 Å². The first-order valence-electron chi connectivity index (χ1n) is 0. The molecule has 0 aromatic rings. The fraction of sp³-hybridized carbons (Fsp3) is 0. The zero-order valence-electron chi connectivity index (χ0n) is 3.69. The second-order valence-electron chi connectivity index (χ2n) is 0. The summed E-state index contributed by atoms with van der Waals surface area (Å²) in [6.07, 6.45) is 0. The van der Waals surface area contributed by atoms with E-state index in [1.165, 1.54) is 0 Å². The quantitative estimate of drug-likeness (QED) is 0.322. The first kappa shape index (κ1) is 37.9. The molecule has 0 N–H and O–H groups in total. The molecule has 3 radical (unpaired) electrons. The Morgan fingerprint density at radius 3 is 1.50 bits per heavy atom. The molecule has 0 unspecified atom stereocenters. The molecule has 0 heterocycles. The molecule has 0 aliphatic heterocycles. The minimum Gasteiger partial charge on any atom is -1.00 e. The van der Waals surface area contributed by atoms with Crippen LogP contribution in [-0.4, -0.2) is 8.41 Å². The van der Waals surface area contributed by atoms with Gasteiger partial charge in [-0.15, -0.1) is 12.4 Å². The van der Waals surface area contributed by atoms with E-state index in [1.54, 1.807) is 0 Å². The van der Waals surface area contributed by atoms with Crippen LogP contribution in [-0.2, 0) is 19.5 Å². The summed E-state index contributed by atoms with van der Waals surface area (Å²) in [7, 11) is 0. The van der Waals surface area contributed by atoms with Crippen LogP contribution in [0.3, 0.4) is 0 Å². The van der Waals surface area contributed by atoms with E-state index in [2.05, 4.69) is 0 Å². The fourth-order valence-electron chi connectivity index (χ4n) is 0. The molecule has 0 saturated heterocycles. The van der Waals surface area contributed by atoms with Gasteiger partial charge >= 0.3 is 29.6 Å². The molecule has 0 aromatic heterocycles. The molecule has 0 bridgehead atoms. The third-order valence-electron chi connectivity index (χ3n) is 0. The Labute approximate surface area is 72.1 Å².